The summed E-state index contributed by atoms with van der Waals surface area (Å²) in [6, 6.07) is 5.13. The quantitative estimate of drug-likeness (QED) is 0.714. The molecule has 0 spiro atoms. The number of benzene rings is 1. The number of sulfone groups is 1. The minimum absolute atomic E-state index is 0.0357. The molecule has 0 saturated carbocycles. The van der Waals surface area contributed by atoms with E-state index < -0.39 is 19.9 Å². The van der Waals surface area contributed by atoms with E-state index in [4.69, 9.17) is 0 Å². The van der Waals surface area contributed by atoms with Crippen LogP contribution in [0.1, 0.15) is 0 Å². The highest BCUT2D eigenvalue weighted by Crippen LogP contribution is 2.18. The van der Waals surface area contributed by atoms with Gasteiger partial charge in [-0.2, -0.15) is 4.31 Å². The fraction of sp³-hybridized carbons (Fsp3) is 0.231. The summed E-state index contributed by atoms with van der Waals surface area (Å²) in [5.74, 6) is 0. The Labute approximate surface area is 120 Å². The first kappa shape index (κ1) is 16.6. The van der Waals surface area contributed by atoms with Crippen LogP contribution in [0.2, 0.25) is 0 Å². The van der Waals surface area contributed by atoms with Gasteiger partial charge in [0.1, 0.15) is 0 Å². The predicted octanol–water partition coefficient (Wildman–Crippen LogP) is 1.45. The van der Waals surface area contributed by atoms with Gasteiger partial charge in [-0.05, 0) is 24.3 Å². The number of nitrogens with zero attached hydrogens (tertiary/aromatic N) is 1. The van der Waals surface area contributed by atoms with E-state index in [-0.39, 0.29) is 22.9 Å². The van der Waals surface area contributed by atoms with E-state index in [0.29, 0.717) is 0 Å². The number of rotatable bonds is 7. The van der Waals surface area contributed by atoms with Crippen LogP contribution in [0.15, 0.2) is 59.4 Å². The van der Waals surface area contributed by atoms with Crippen LogP contribution < -0.4 is 0 Å². The molecule has 7 heteroatoms. The Bertz CT molecular complexity index is 678. The zero-order valence-corrected chi connectivity index (χ0v) is 12.8. The molecule has 110 valence electrons. The molecule has 1 aromatic rings. The molecular weight excluding hydrogens is 298 g/mol. The third-order valence-electron chi connectivity index (χ3n) is 2.56. The Morgan fingerprint density at radius 2 is 1.35 bits per heavy atom. The van der Waals surface area contributed by atoms with Crippen molar-refractivity contribution in [2.75, 3.05) is 19.3 Å². The third kappa shape index (κ3) is 3.78. The second-order valence-corrected chi connectivity index (χ2v) is 8.10. The van der Waals surface area contributed by atoms with E-state index in [1.807, 2.05) is 0 Å². The molecule has 0 aliphatic heterocycles. The fourth-order valence-electron chi connectivity index (χ4n) is 1.57. The lowest BCUT2D eigenvalue weighted by atomic mass is 10.4. The summed E-state index contributed by atoms with van der Waals surface area (Å²) in [4.78, 5) is 0.115. The van der Waals surface area contributed by atoms with Crippen LogP contribution in [-0.4, -0.2) is 40.5 Å². The Morgan fingerprint density at radius 1 is 0.950 bits per heavy atom. The number of hydrogen-bond donors (Lipinski definition) is 0. The van der Waals surface area contributed by atoms with Gasteiger partial charge in [-0.25, -0.2) is 16.8 Å². The van der Waals surface area contributed by atoms with Crippen molar-refractivity contribution >= 4 is 19.9 Å². The summed E-state index contributed by atoms with van der Waals surface area (Å²) < 4.78 is 48.6. The van der Waals surface area contributed by atoms with Crippen molar-refractivity contribution in [2.24, 2.45) is 0 Å². The molecule has 0 fully saturated rings. The highest BCUT2D eigenvalue weighted by Gasteiger charge is 2.22. The lowest BCUT2D eigenvalue weighted by Crippen LogP contribution is -2.31. The van der Waals surface area contributed by atoms with Crippen LogP contribution >= 0.6 is 0 Å². The third-order valence-corrected chi connectivity index (χ3v) is 5.53. The summed E-state index contributed by atoms with van der Waals surface area (Å²) in [5, 5.41) is 0. The molecule has 0 atom stereocenters. The SMILES string of the molecule is C=CCN(CC=C)S(=O)(=O)c1ccc(S(C)(=O)=O)cc1. The van der Waals surface area contributed by atoms with Crippen molar-refractivity contribution in [2.45, 2.75) is 9.79 Å². The van der Waals surface area contributed by atoms with Gasteiger partial charge in [0.15, 0.2) is 9.84 Å². The average molecular weight is 315 g/mol. The van der Waals surface area contributed by atoms with Crippen LogP contribution in [0.5, 0.6) is 0 Å². The van der Waals surface area contributed by atoms with Crippen molar-refractivity contribution in [1.82, 2.24) is 4.31 Å². The lowest BCUT2D eigenvalue weighted by Gasteiger charge is -2.19. The van der Waals surface area contributed by atoms with Gasteiger partial charge in [0, 0.05) is 19.3 Å². The van der Waals surface area contributed by atoms with Crippen LogP contribution in [0.4, 0.5) is 0 Å². The topological polar surface area (TPSA) is 71.5 Å². The van der Waals surface area contributed by atoms with Crippen molar-refractivity contribution in [3.05, 3.63) is 49.6 Å². The van der Waals surface area contributed by atoms with Gasteiger partial charge in [-0.3, -0.25) is 0 Å². The van der Waals surface area contributed by atoms with Gasteiger partial charge >= 0.3 is 0 Å². The Balaban J connectivity index is 3.21. The van der Waals surface area contributed by atoms with Crippen molar-refractivity contribution in [3.63, 3.8) is 0 Å². The maximum Gasteiger partial charge on any atom is 0.243 e. The van der Waals surface area contributed by atoms with Gasteiger partial charge in [-0.15, -0.1) is 13.2 Å². The first-order chi connectivity index (χ1) is 9.23. The van der Waals surface area contributed by atoms with E-state index in [1.54, 1.807) is 0 Å². The minimum Gasteiger partial charge on any atom is -0.224 e. The molecule has 5 nitrogen and oxygen atoms in total. The van der Waals surface area contributed by atoms with E-state index in [9.17, 15) is 16.8 Å². The van der Waals surface area contributed by atoms with Gasteiger partial charge < -0.3 is 0 Å². The number of sulfonamides is 1. The van der Waals surface area contributed by atoms with E-state index in [1.165, 1.54) is 40.7 Å². The Morgan fingerprint density at radius 3 is 1.70 bits per heavy atom. The largest absolute Gasteiger partial charge is 0.243 e. The molecule has 0 radical (unpaired) electrons. The summed E-state index contributed by atoms with van der Waals surface area (Å²) in [6.45, 7) is 7.34. The second kappa shape index (κ2) is 6.34. The highest BCUT2D eigenvalue weighted by molar-refractivity contribution is 7.90. The standard InChI is InChI=1S/C13H17NO4S2/c1-4-10-14(11-5-2)20(17,18)13-8-6-12(7-9-13)19(3,15)16/h4-9H,1-2,10-11H2,3H3. The van der Waals surface area contributed by atoms with Gasteiger partial charge in [0.25, 0.3) is 0 Å². The smallest absolute Gasteiger partial charge is 0.224 e. The van der Waals surface area contributed by atoms with Crippen LogP contribution in [0, 0.1) is 0 Å². The first-order valence-corrected chi connectivity index (χ1v) is 9.08. The minimum atomic E-state index is -3.69. The molecule has 0 unspecified atom stereocenters. The molecule has 0 heterocycles. The average Bonchev–Trinajstić information content (AvgIpc) is 2.37. The molecule has 0 amide bonds. The molecule has 0 N–H and O–H groups in total. The summed E-state index contributed by atoms with van der Waals surface area (Å²) in [7, 11) is -7.04. The van der Waals surface area contributed by atoms with E-state index in [2.05, 4.69) is 13.2 Å². The molecule has 20 heavy (non-hydrogen) atoms. The first-order valence-electron chi connectivity index (χ1n) is 5.75. The molecule has 0 bridgehead atoms. The molecule has 1 rings (SSSR count). The molecule has 0 saturated heterocycles. The van der Waals surface area contributed by atoms with Gasteiger partial charge in [-0.1, -0.05) is 12.2 Å². The predicted molar refractivity (Wildman–Crippen MR) is 78.7 cm³/mol. The van der Waals surface area contributed by atoms with Crippen molar-refractivity contribution < 1.29 is 16.8 Å². The van der Waals surface area contributed by atoms with Gasteiger partial charge in [0.05, 0.1) is 9.79 Å². The summed E-state index contributed by atoms with van der Waals surface area (Å²) in [5.41, 5.74) is 0. The van der Waals surface area contributed by atoms with E-state index >= 15 is 0 Å². The normalized spacial score (nSPS) is 12.3. The molecule has 1 aromatic carbocycles. The monoisotopic (exact) mass is 315 g/mol. The molecule has 0 aliphatic rings. The molecular formula is C13H17NO4S2. The van der Waals surface area contributed by atoms with Crippen molar-refractivity contribution in [3.8, 4) is 0 Å². The second-order valence-electron chi connectivity index (χ2n) is 4.14. The fourth-order valence-corrected chi connectivity index (χ4v) is 3.58. The molecule has 0 aliphatic carbocycles. The van der Waals surface area contributed by atoms with Gasteiger partial charge in [0.2, 0.25) is 10.0 Å². The highest BCUT2D eigenvalue weighted by atomic mass is 32.2. The van der Waals surface area contributed by atoms with E-state index in [0.717, 1.165) is 6.26 Å². The number of hydrogen-bond acceptors (Lipinski definition) is 4. The lowest BCUT2D eigenvalue weighted by molar-refractivity contribution is 0.474. The maximum absolute atomic E-state index is 12.4. The van der Waals surface area contributed by atoms with Crippen molar-refractivity contribution in [1.29, 1.82) is 0 Å². The van der Waals surface area contributed by atoms with Crippen LogP contribution in [-0.2, 0) is 19.9 Å². The van der Waals surface area contributed by atoms with Crippen LogP contribution in [0.3, 0.4) is 0 Å². The zero-order valence-electron chi connectivity index (χ0n) is 11.2. The Kier molecular flexibility index (Phi) is 5.27. The summed E-state index contributed by atoms with van der Waals surface area (Å²) in [6.07, 6.45) is 4.02. The molecule has 0 aromatic heterocycles. The summed E-state index contributed by atoms with van der Waals surface area (Å²) >= 11 is 0. The maximum atomic E-state index is 12.4. The zero-order chi connectivity index (χ0) is 15.4. The Hall–Kier alpha value is -1.44. The van der Waals surface area contributed by atoms with Crippen LogP contribution in [0.25, 0.3) is 0 Å².